The summed E-state index contributed by atoms with van der Waals surface area (Å²) in [5.74, 6) is 0.118. The molecule has 0 aromatic heterocycles. The van der Waals surface area contributed by atoms with Crippen molar-refractivity contribution in [2.24, 2.45) is 0 Å². The molecule has 6 heteroatoms. The average Bonchev–Trinajstić information content (AvgIpc) is 2.25. The monoisotopic (exact) mass is 263 g/mol. The van der Waals surface area contributed by atoms with E-state index < -0.39 is 13.2 Å². The van der Waals surface area contributed by atoms with Crippen molar-refractivity contribution in [3.05, 3.63) is 42.3 Å². The Balaban J connectivity index is 3.06. The van der Waals surface area contributed by atoms with Crippen LogP contribution in [0.15, 0.2) is 30.9 Å². The average molecular weight is 263 g/mol. The molecule has 0 bridgehead atoms. The highest BCUT2D eigenvalue weighted by atomic mass is 19.3. The first-order valence-electron chi connectivity index (χ1n) is 4.93. The molecule has 0 amide bonds. The third-order valence-electron chi connectivity index (χ3n) is 2.09. The highest BCUT2D eigenvalue weighted by Crippen LogP contribution is 2.29. The van der Waals surface area contributed by atoms with E-state index in [1.54, 1.807) is 6.92 Å². The van der Waals surface area contributed by atoms with E-state index in [9.17, 15) is 17.6 Å². The largest absolute Gasteiger partial charge is 0.435 e. The van der Waals surface area contributed by atoms with Gasteiger partial charge in [-0.05, 0) is 17.7 Å². The van der Waals surface area contributed by atoms with Crippen molar-refractivity contribution in [1.82, 2.24) is 0 Å². The van der Waals surface area contributed by atoms with E-state index in [-0.39, 0.29) is 11.5 Å². The minimum Gasteiger partial charge on any atom is -0.435 e. The van der Waals surface area contributed by atoms with Crippen molar-refractivity contribution in [2.75, 3.05) is 0 Å². The summed E-state index contributed by atoms with van der Waals surface area (Å²) in [5, 5.41) is 0. The third-order valence-corrected chi connectivity index (χ3v) is 2.09. The Morgan fingerprint density at radius 2 is 1.50 bits per heavy atom. The van der Waals surface area contributed by atoms with E-state index in [0.717, 1.165) is 6.07 Å². The number of hydrogen-bond donors (Lipinski definition) is 0. The van der Waals surface area contributed by atoms with Crippen molar-refractivity contribution in [1.29, 1.82) is 0 Å². The molecule has 0 atom stereocenters. The number of alkyl halides is 4. The summed E-state index contributed by atoms with van der Waals surface area (Å²) < 4.78 is 56.7. The van der Waals surface area contributed by atoms with Gasteiger partial charge in [-0.3, -0.25) is 0 Å². The summed E-state index contributed by atoms with van der Waals surface area (Å²) in [7, 11) is 0. The predicted molar refractivity (Wildman–Crippen MR) is 57.9 cm³/mol. The predicted octanol–water partition coefficient (Wildman–Crippen LogP) is 4.02. The highest BCUT2D eigenvalue weighted by molar-refractivity contribution is 5.46. The van der Waals surface area contributed by atoms with Crippen molar-refractivity contribution in [2.45, 2.75) is 20.1 Å². The zero-order valence-corrected chi connectivity index (χ0v) is 9.50. The molecule has 1 aromatic carbocycles. The topological polar surface area (TPSA) is 18.5 Å². The molecule has 1 rings (SSSR count). The molecule has 2 nitrogen and oxygen atoms in total. The van der Waals surface area contributed by atoms with Crippen LogP contribution in [0.3, 0.4) is 0 Å². The molecule has 0 N–H and O–H groups in total. The van der Waals surface area contributed by atoms with E-state index >= 15 is 0 Å². The number of ether oxygens (including phenoxy) is 2. The standard InChI is InChI=1S/C12H11F4O2/c1-3-7(2)8-4-9(17-11(13)14)6-10(5-8)18-12(15)16/h3-6,11-12H,1H2,2H3. The van der Waals surface area contributed by atoms with E-state index in [4.69, 9.17) is 0 Å². The maximum atomic E-state index is 12.1. The van der Waals surface area contributed by atoms with Crippen LogP contribution in [0.25, 0.3) is 0 Å². The van der Waals surface area contributed by atoms with Crippen LogP contribution in [-0.2, 0) is 0 Å². The summed E-state index contributed by atoms with van der Waals surface area (Å²) in [6.45, 7) is -0.920. The lowest BCUT2D eigenvalue weighted by Crippen LogP contribution is -2.06. The van der Waals surface area contributed by atoms with Crippen LogP contribution in [0, 0.1) is 5.92 Å². The lowest BCUT2D eigenvalue weighted by atomic mass is 10.0. The summed E-state index contributed by atoms with van der Waals surface area (Å²) in [5.41, 5.74) is 0.416. The Morgan fingerprint density at radius 3 is 1.83 bits per heavy atom. The minimum atomic E-state index is -3.04. The molecule has 0 spiro atoms. The lowest BCUT2D eigenvalue weighted by Gasteiger charge is -2.13. The van der Waals surface area contributed by atoms with Crippen LogP contribution in [0.5, 0.6) is 11.5 Å². The smallest absolute Gasteiger partial charge is 0.387 e. The van der Waals surface area contributed by atoms with Gasteiger partial charge in [-0.15, -0.1) is 6.58 Å². The number of halogens is 4. The maximum absolute atomic E-state index is 12.1. The molecule has 0 unspecified atom stereocenters. The second-order valence-electron chi connectivity index (χ2n) is 3.34. The van der Waals surface area contributed by atoms with Crippen molar-refractivity contribution < 1.29 is 27.0 Å². The Hall–Kier alpha value is -1.72. The molecule has 0 saturated carbocycles. The van der Waals surface area contributed by atoms with Crippen LogP contribution < -0.4 is 9.47 Å². The zero-order valence-electron chi connectivity index (χ0n) is 9.50. The first-order chi connectivity index (χ1) is 8.42. The van der Waals surface area contributed by atoms with Gasteiger partial charge in [0.2, 0.25) is 0 Å². The second-order valence-corrected chi connectivity index (χ2v) is 3.34. The van der Waals surface area contributed by atoms with Gasteiger partial charge in [0.15, 0.2) is 0 Å². The Kier molecular flexibility index (Phi) is 5.00. The van der Waals surface area contributed by atoms with Crippen LogP contribution in [0.2, 0.25) is 0 Å². The van der Waals surface area contributed by atoms with Crippen LogP contribution >= 0.6 is 0 Å². The molecular formula is C12H11F4O2. The first kappa shape index (κ1) is 14.3. The summed E-state index contributed by atoms with van der Waals surface area (Å²) >= 11 is 0. The molecule has 0 aliphatic carbocycles. The van der Waals surface area contributed by atoms with Gasteiger partial charge in [0, 0.05) is 12.0 Å². The molecule has 99 valence electrons. The molecule has 0 aliphatic heterocycles. The van der Waals surface area contributed by atoms with Gasteiger partial charge >= 0.3 is 13.2 Å². The number of allylic oxidation sites excluding steroid dienone is 1. The van der Waals surface area contributed by atoms with Crippen molar-refractivity contribution >= 4 is 0 Å². The number of hydrogen-bond acceptors (Lipinski definition) is 2. The number of rotatable bonds is 6. The summed E-state index contributed by atoms with van der Waals surface area (Å²) in [6.07, 6.45) is 1.47. The molecule has 0 fully saturated rings. The van der Waals surface area contributed by atoms with Gasteiger partial charge in [-0.1, -0.05) is 13.0 Å². The van der Waals surface area contributed by atoms with Gasteiger partial charge in [0.25, 0.3) is 0 Å². The fourth-order valence-electron chi connectivity index (χ4n) is 1.26. The first-order valence-corrected chi connectivity index (χ1v) is 4.93. The normalized spacial score (nSPS) is 11.1. The van der Waals surface area contributed by atoms with Crippen LogP contribution in [0.4, 0.5) is 17.6 Å². The van der Waals surface area contributed by atoms with Gasteiger partial charge < -0.3 is 9.47 Å². The maximum Gasteiger partial charge on any atom is 0.387 e. The molecule has 1 aromatic rings. The summed E-state index contributed by atoms with van der Waals surface area (Å²) in [4.78, 5) is 0. The van der Waals surface area contributed by atoms with Gasteiger partial charge in [0.05, 0.1) is 0 Å². The Bertz CT molecular complexity index is 379. The fraction of sp³-hybridized carbons (Fsp3) is 0.250. The second kappa shape index (κ2) is 6.28. The molecule has 18 heavy (non-hydrogen) atoms. The molecule has 0 aliphatic rings. The van der Waals surface area contributed by atoms with Crippen LogP contribution in [-0.4, -0.2) is 13.2 Å². The fourth-order valence-corrected chi connectivity index (χ4v) is 1.26. The van der Waals surface area contributed by atoms with E-state index in [1.807, 2.05) is 0 Å². The SMILES string of the molecule is C=C[C](C)c1cc(OC(F)F)cc(OC(F)F)c1. The molecule has 0 heterocycles. The van der Waals surface area contributed by atoms with Gasteiger partial charge in [-0.25, -0.2) is 0 Å². The Morgan fingerprint density at radius 1 is 1.06 bits per heavy atom. The highest BCUT2D eigenvalue weighted by Gasteiger charge is 2.13. The van der Waals surface area contributed by atoms with Crippen molar-refractivity contribution in [3.8, 4) is 11.5 Å². The van der Waals surface area contributed by atoms with E-state index in [2.05, 4.69) is 16.1 Å². The molecule has 0 saturated heterocycles. The Labute approximate surface area is 102 Å². The summed E-state index contributed by atoms with van der Waals surface area (Å²) in [6, 6.07) is 3.56. The molecular weight excluding hydrogens is 252 g/mol. The van der Waals surface area contributed by atoms with E-state index in [1.165, 1.54) is 18.2 Å². The van der Waals surface area contributed by atoms with Crippen LogP contribution in [0.1, 0.15) is 12.5 Å². The van der Waals surface area contributed by atoms with E-state index in [0.29, 0.717) is 11.5 Å². The minimum absolute atomic E-state index is 0.251. The van der Waals surface area contributed by atoms with Crippen molar-refractivity contribution in [3.63, 3.8) is 0 Å². The van der Waals surface area contributed by atoms with Gasteiger partial charge in [-0.2, -0.15) is 17.6 Å². The number of benzene rings is 1. The lowest BCUT2D eigenvalue weighted by molar-refractivity contribution is -0.0543. The van der Waals surface area contributed by atoms with Gasteiger partial charge in [0.1, 0.15) is 11.5 Å². The third kappa shape index (κ3) is 4.27. The zero-order chi connectivity index (χ0) is 13.7. The quantitative estimate of drug-likeness (QED) is 0.722. The molecule has 1 radical (unpaired) electrons.